The zero-order valence-electron chi connectivity index (χ0n) is 15.5. The predicted octanol–water partition coefficient (Wildman–Crippen LogP) is 3.34. The lowest BCUT2D eigenvalue weighted by Gasteiger charge is -2.13. The lowest BCUT2D eigenvalue weighted by molar-refractivity contribution is 0.0950. The highest BCUT2D eigenvalue weighted by atomic mass is 16.5. The normalized spacial score (nSPS) is 10.3. The van der Waals surface area contributed by atoms with Gasteiger partial charge in [-0.1, -0.05) is 26.0 Å². The Morgan fingerprint density at radius 1 is 0.962 bits per heavy atom. The number of methoxy groups -OCH3 is 2. The Bertz CT molecular complexity index is 787. The van der Waals surface area contributed by atoms with E-state index in [4.69, 9.17) is 9.47 Å². The van der Waals surface area contributed by atoms with Crippen molar-refractivity contribution in [2.24, 2.45) is 5.92 Å². The lowest BCUT2D eigenvalue weighted by atomic mass is 10.1. The summed E-state index contributed by atoms with van der Waals surface area (Å²) in [7, 11) is 3.04. The van der Waals surface area contributed by atoms with Crippen molar-refractivity contribution in [2.75, 3.05) is 26.1 Å². The molecule has 0 heterocycles. The number of anilines is 1. The number of carbonyl (C=O) groups is 2. The average molecular weight is 356 g/mol. The molecule has 2 rings (SSSR count). The van der Waals surface area contributed by atoms with Crippen molar-refractivity contribution in [2.45, 2.75) is 13.8 Å². The Morgan fingerprint density at radius 3 is 2.31 bits per heavy atom. The molecule has 0 saturated heterocycles. The minimum Gasteiger partial charge on any atom is -0.493 e. The quantitative estimate of drug-likeness (QED) is 0.798. The number of hydrogen-bond donors (Lipinski definition) is 2. The van der Waals surface area contributed by atoms with E-state index < -0.39 is 0 Å². The molecule has 0 fully saturated rings. The van der Waals surface area contributed by atoms with Gasteiger partial charge in [-0.05, 0) is 36.2 Å². The Labute approximate surface area is 153 Å². The summed E-state index contributed by atoms with van der Waals surface area (Å²) in [5.74, 6) is 0.782. The van der Waals surface area contributed by atoms with E-state index in [1.54, 1.807) is 42.5 Å². The third kappa shape index (κ3) is 4.75. The van der Waals surface area contributed by atoms with E-state index in [9.17, 15) is 9.59 Å². The Hall–Kier alpha value is -3.02. The van der Waals surface area contributed by atoms with E-state index >= 15 is 0 Å². The number of carbonyl (C=O) groups excluding carboxylic acids is 2. The summed E-state index contributed by atoms with van der Waals surface area (Å²) in [5.41, 5.74) is 1.27. The van der Waals surface area contributed by atoms with E-state index in [0.717, 1.165) is 0 Å². The van der Waals surface area contributed by atoms with E-state index in [1.807, 2.05) is 13.8 Å². The molecule has 6 nitrogen and oxygen atoms in total. The second-order valence-electron chi connectivity index (χ2n) is 6.17. The van der Waals surface area contributed by atoms with Gasteiger partial charge in [-0.25, -0.2) is 0 Å². The third-order valence-corrected chi connectivity index (χ3v) is 3.74. The van der Waals surface area contributed by atoms with Gasteiger partial charge in [0.05, 0.1) is 25.5 Å². The minimum atomic E-state index is -0.338. The number of amides is 2. The molecule has 0 aliphatic heterocycles. The highest BCUT2D eigenvalue weighted by molar-refractivity contribution is 6.09. The molecule has 0 bridgehead atoms. The Morgan fingerprint density at radius 2 is 1.65 bits per heavy atom. The number of hydrogen-bond acceptors (Lipinski definition) is 4. The number of ether oxygens (including phenoxy) is 2. The van der Waals surface area contributed by atoms with Crippen LogP contribution in [0.5, 0.6) is 11.5 Å². The number of benzene rings is 2. The minimum absolute atomic E-state index is 0.220. The summed E-state index contributed by atoms with van der Waals surface area (Å²) < 4.78 is 10.4. The topological polar surface area (TPSA) is 76.7 Å². The van der Waals surface area contributed by atoms with Gasteiger partial charge in [0.25, 0.3) is 11.8 Å². The molecular weight excluding hydrogens is 332 g/mol. The van der Waals surface area contributed by atoms with Crippen LogP contribution < -0.4 is 20.1 Å². The maximum Gasteiger partial charge on any atom is 0.255 e. The first-order valence-corrected chi connectivity index (χ1v) is 8.36. The molecule has 0 aliphatic carbocycles. The fourth-order valence-corrected chi connectivity index (χ4v) is 2.35. The van der Waals surface area contributed by atoms with Crippen LogP contribution in [0, 0.1) is 5.92 Å². The predicted molar refractivity (Wildman–Crippen MR) is 101 cm³/mol. The van der Waals surface area contributed by atoms with Crippen molar-refractivity contribution in [3.8, 4) is 11.5 Å². The molecule has 2 aromatic carbocycles. The molecule has 0 spiro atoms. The third-order valence-electron chi connectivity index (χ3n) is 3.74. The molecule has 0 atom stereocenters. The summed E-state index contributed by atoms with van der Waals surface area (Å²) in [6, 6.07) is 11.8. The summed E-state index contributed by atoms with van der Waals surface area (Å²) in [4.78, 5) is 25.0. The summed E-state index contributed by atoms with van der Waals surface area (Å²) >= 11 is 0. The van der Waals surface area contributed by atoms with Crippen LogP contribution in [0.15, 0.2) is 42.5 Å². The molecule has 0 saturated carbocycles. The summed E-state index contributed by atoms with van der Waals surface area (Å²) in [6.07, 6.45) is 0. The maximum atomic E-state index is 12.6. The van der Waals surface area contributed by atoms with Crippen molar-refractivity contribution >= 4 is 17.5 Å². The Kier molecular flexibility index (Phi) is 6.60. The molecule has 0 unspecified atom stereocenters. The van der Waals surface area contributed by atoms with Gasteiger partial charge in [-0.3, -0.25) is 9.59 Å². The van der Waals surface area contributed by atoms with Crippen LogP contribution in [-0.2, 0) is 0 Å². The first-order valence-electron chi connectivity index (χ1n) is 8.36. The van der Waals surface area contributed by atoms with E-state index in [-0.39, 0.29) is 11.8 Å². The highest BCUT2D eigenvalue weighted by Gasteiger charge is 2.15. The number of nitrogens with one attached hydrogen (secondary N) is 2. The van der Waals surface area contributed by atoms with Crippen LogP contribution in [0.3, 0.4) is 0 Å². The second-order valence-corrected chi connectivity index (χ2v) is 6.17. The van der Waals surface area contributed by atoms with Crippen LogP contribution in [0.4, 0.5) is 5.69 Å². The van der Waals surface area contributed by atoms with E-state index in [1.165, 1.54) is 14.2 Å². The van der Waals surface area contributed by atoms with Crippen molar-refractivity contribution in [3.05, 3.63) is 53.6 Å². The zero-order chi connectivity index (χ0) is 19.1. The van der Waals surface area contributed by atoms with Gasteiger partial charge in [0.2, 0.25) is 0 Å². The summed E-state index contributed by atoms with van der Waals surface area (Å²) in [5, 5.41) is 5.65. The van der Waals surface area contributed by atoms with Gasteiger partial charge in [0.1, 0.15) is 0 Å². The van der Waals surface area contributed by atoms with Crippen LogP contribution >= 0.6 is 0 Å². The first kappa shape index (κ1) is 19.3. The molecule has 0 radical (unpaired) electrons. The SMILES string of the molecule is COc1ccc(C(=O)Nc2ccccc2C(=O)NCC(C)C)cc1OC. The van der Waals surface area contributed by atoms with Gasteiger partial charge in [-0.2, -0.15) is 0 Å². The number of rotatable bonds is 7. The number of para-hydroxylation sites is 1. The Balaban J connectivity index is 2.20. The van der Waals surface area contributed by atoms with Crippen molar-refractivity contribution < 1.29 is 19.1 Å². The monoisotopic (exact) mass is 356 g/mol. The molecule has 0 aliphatic rings. The smallest absolute Gasteiger partial charge is 0.255 e. The second kappa shape index (κ2) is 8.89. The first-order chi connectivity index (χ1) is 12.5. The van der Waals surface area contributed by atoms with Crippen LogP contribution in [0.1, 0.15) is 34.6 Å². The molecule has 0 aromatic heterocycles. The van der Waals surface area contributed by atoms with Crippen LogP contribution in [-0.4, -0.2) is 32.6 Å². The maximum absolute atomic E-state index is 12.6. The van der Waals surface area contributed by atoms with Crippen LogP contribution in [0.2, 0.25) is 0 Å². The molecule has 138 valence electrons. The van der Waals surface area contributed by atoms with Gasteiger partial charge in [-0.15, -0.1) is 0 Å². The van der Waals surface area contributed by atoms with Gasteiger partial charge < -0.3 is 20.1 Å². The molecular formula is C20H24N2O4. The fraction of sp³-hybridized carbons (Fsp3) is 0.300. The van der Waals surface area contributed by atoms with Crippen molar-refractivity contribution in [3.63, 3.8) is 0 Å². The fourth-order valence-electron chi connectivity index (χ4n) is 2.35. The van der Waals surface area contributed by atoms with Crippen molar-refractivity contribution in [1.82, 2.24) is 5.32 Å². The highest BCUT2D eigenvalue weighted by Crippen LogP contribution is 2.28. The molecule has 6 heteroatoms. The van der Waals surface area contributed by atoms with E-state index in [2.05, 4.69) is 10.6 Å². The molecule has 2 amide bonds. The largest absolute Gasteiger partial charge is 0.493 e. The van der Waals surface area contributed by atoms with Gasteiger partial charge in [0, 0.05) is 12.1 Å². The summed E-state index contributed by atoms with van der Waals surface area (Å²) in [6.45, 7) is 4.60. The lowest BCUT2D eigenvalue weighted by Crippen LogP contribution is -2.28. The molecule has 26 heavy (non-hydrogen) atoms. The van der Waals surface area contributed by atoms with E-state index in [0.29, 0.717) is 40.8 Å². The zero-order valence-corrected chi connectivity index (χ0v) is 15.5. The standard InChI is InChI=1S/C20H24N2O4/c1-13(2)12-21-20(24)15-7-5-6-8-16(15)22-19(23)14-9-10-17(25-3)18(11-14)26-4/h5-11,13H,12H2,1-4H3,(H,21,24)(H,22,23). The van der Waals surface area contributed by atoms with Gasteiger partial charge in [0.15, 0.2) is 11.5 Å². The average Bonchev–Trinajstić information content (AvgIpc) is 2.65. The molecule has 2 aromatic rings. The molecule has 2 N–H and O–H groups in total. The van der Waals surface area contributed by atoms with Crippen molar-refractivity contribution in [1.29, 1.82) is 0 Å². The van der Waals surface area contributed by atoms with Crippen LogP contribution in [0.25, 0.3) is 0 Å². The van der Waals surface area contributed by atoms with Gasteiger partial charge >= 0.3 is 0 Å².